The quantitative estimate of drug-likeness (QED) is 0.679. The van der Waals surface area contributed by atoms with Crippen molar-refractivity contribution in [3.05, 3.63) is 90.0 Å². The monoisotopic (exact) mass is 336 g/mol. The molecule has 1 heterocycles. The maximum absolute atomic E-state index is 13.0. The molecule has 0 N–H and O–H groups in total. The van der Waals surface area contributed by atoms with Crippen LogP contribution in [0.15, 0.2) is 73.1 Å². The average molecular weight is 336 g/mol. The summed E-state index contributed by atoms with van der Waals surface area (Å²) in [4.78, 5) is 14.3. The van der Waals surface area contributed by atoms with Crippen LogP contribution in [-0.2, 0) is 11.2 Å². The highest BCUT2D eigenvalue weighted by Gasteiger charge is 2.17. The molecule has 0 bridgehead atoms. The first-order valence-electron chi connectivity index (χ1n) is 8.28. The molecule has 2 aromatic carbocycles. The number of rotatable bonds is 5. The molecule has 0 aliphatic heterocycles. The van der Waals surface area contributed by atoms with Crippen LogP contribution in [-0.4, -0.2) is 22.4 Å². The van der Waals surface area contributed by atoms with Crippen molar-refractivity contribution in [3.8, 4) is 5.69 Å². The van der Waals surface area contributed by atoms with Gasteiger partial charge >= 0.3 is 0 Å². The van der Waals surface area contributed by atoms with Crippen molar-refractivity contribution < 1.29 is 9.18 Å². The Hall–Kier alpha value is -2.88. The lowest BCUT2D eigenvalue weighted by Crippen LogP contribution is -2.30. The van der Waals surface area contributed by atoms with Gasteiger partial charge in [0, 0.05) is 25.1 Å². The van der Waals surface area contributed by atoms with Crippen LogP contribution in [0.25, 0.3) is 5.69 Å². The van der Waals surface area contributed by atoms with Gasteiger partial charge in [-0.05, 0) is 54.4 Å². The first kappa shape index (κ1) is 17.0. The Bertz CT molecular complexity index is 823. The van der Waals surface area contributed by atoms with Gasteiger partial charge in [0.2, 0.25) is 5.91 Å². The van der Waals surface area contributed by atoms with Crippen molar-refractivity contribution in [2.24, 2.45) is 0 Å². The van der Waals surface area contributed by atoms with E-state index in [4.69, 9.17) is 0 Å². The topological polar surface area (TPSA) is 25.2 Å². The predicted molar refractivity (Wildman–Crippen MR) is 97.1 cm³/mol. The number of hydrogen-bond acceptors (Lipinski definition) is 1. The molecule has 3 rings (SSSR count). The first-order valence-corrected chi connectivity index (χ1v) is 8.28. The molecule has 25 heavy (non-hydrogen) atoms. The van der Waals surface area contributed by atoms with Gasteiger partial charge in [0.1, 0.15) is 5.82 Å². The minimum atomic E-state index is -0.271. The van der Waals surface area contributed by atoms with Gasteiger partial charge < -0.3 is 9.47 Å². The van der Waals surface area contributed by atoms with Gasteiger partial charge in [0.05, 0.1) is 12.5 Å². The van der Waals surface area contributed by atoms with Crippen LogP contribution < -0.4 is 0 Å². The Labute approximate surface area is 147 Å². The highest BCUT2D eigenvalue weighted by atomic mass is 19.1. The van der Waals surface area contributed by atoms with Gasteiger partial charge in [-0.15, -0.1) is 0 Å². The van der Waals surface area contributed by atoms with Crippen LogP contribution in [0.4, 0.5) is 4.39 Å². The molecular formula is C21H21FN2O. The van der Waals surface area contributed by atoms with Crippen LogP contribution in [0.3, 0.4) is 0 Å². The molecular weight excluding hydrogens is 315 g/mol. The first-order chi connectivity index (χ1) is 12.0. The van der Waals surface area contributed by atoms with Crippen LogP contribution >= 0.6 is 0 Å². The Morgan fingerprint density at radius 2 is 1.64 bits per heavy atom. The molecule has 0 spiro atoms. The third-order valence-electron chi connectivity index (χ3n) is 4.52. The van der Waals surface area contributed by atoms with E-state index in [1.165, 1.54) is 12.1 Å². The van der Waals surface area contributed by atoms with Crippen LogP contribution in [0.5, 0.6) is 0 Å². The molecule has 0 radical (unpaired) electrons. The third kappa shape index (κ3) is 3.97. The molecule has 3 nitrogen and oxygen atoms in total. The number of carbonyl (C=O) groups is 1. The van der Waals surface area contributed by atoms with Gasteiger partial charge in [0.25, 0.3) is 0 Å². The minimum absolute atomic E-state index is 0.0329. The number of benzene rings is 2. The SMILES string of the molecule is CC(c1ccc(F)cc1)N(C)C(=O)Cc1ccc(-n2cccc2)cc1. The maximum atomic E-state index is 13.0. The lowest BCUT2D eigenvalue weighted by Gasteiger charge is -2.25. The van der Waals surface area contributed by atoms with E-state index in [-0.39, 0.29) is 17.8 Å². The summed E-state index contributed by atoms with van der Waals surface area (Å²) in [7, 11) is 1.78. The Morgan fingerprint density at radius 3 is 2.24 bits per heavy atom. The highest BCUT2D eigenvalue weighted by molar-refractivity contribution is 5.79. The molecule has 128 valence electrons. The number of carbonyl (C=O) groups excluding carboxylic acids is 1. The van der Waals surface area contributed by atoms with Crippen LogP contribution in [0.2, 0.25) is 0 Å². The zero-order valence-electron chi connectivity index (χ0n) is 14.4. The van der Waals surface area contributed by atoms with E-state index in [9.17, 15) is 9.18 Å². The standard InChI is InChI=1S/C21H21FN2O/c1-16(18-7-9-19(22)10-8-18)23(2)21(25)15-17-5-11-20(12-6-17)24-13-3-4-14-24/h3-14,16H,15H2,1-2H3. The fourth-order valence-corrected chi connectivity index (χ4v) is 2.77. The van der Waals surface area contributed by atoms with E-state index in [0.29, 0.717) is 6.42 Å². The summed E-state index contributed by atoms with van der Waals surface area (Å²) >= 11 is 0. The van der Waals surface area contributed by atoms with Crippen molar-refractivity contribution in [3.63, 3.8) is 0 Å². The van der Waals surface area contributed by atoms with Gasteiger partial charge in [-0.1, -0.05) is 24.3 Å². The van der Waals surface area contributed by atoms with Crippen molar-refractivity contribution in [1.29, 1.82) is 0 Å². The van der Waals surface area contributed by atoms with Crippen LogP contribution in [0.1, 0.15) is 24.1 Å². The van der Waals surface area contributed by atoms with E-state index in [0.717, 1.165) is 16.8 Å². The van der Waals surface area contributed by atoms with Gasteiger partial charge in [-0.2, -0.15) is 0 Å². The molecule has 0 saturated heterocycles. The maximum Gasteiger partial charge on any atom is 0.227 e. The summed E-state index contributed by atoms with van der Waals surface area (Å²) in [6.07, 6.45) is 4.31. The molecule has 1 aromatic heterocycles. The molecule has 1 amide bonds. The third-order valence-corrected chi connectivity index (χ3v) is 4.52. The number of likely N-dealkylation sites (N-methyl/N-ethyl adjacent to an activating group) is 1. The average Bonchev–Trinajstić information content (AvgIpc) is 3.16. The molecule has 0 aliphatic carbocycles. The summed E-state index contributed by atoms with van der Waals surface area (Å²) in [6.45, 7) is 1.94. The Morgan fingerprint density at radius 1 is 1.04 bits per heavy atom. The molecule has 4 heteroatoms. The second kappa shape index (κ2) is 7.34. The van der Waals surface area contributed by atoms with Gasteiger partial charge in [-0.3, -0.25) is 4.79 Å². The van der Waals surface area contributed by atoms with Crippen molar-refractivity contribution in [2.45, 2.75) is 19.4 Å². The van der Waals surface area contributed by atoms with E-state index in [2.05, 4.69) is 0 Å². The van der Waals surface area contributed by atoms with Crippen molar-refractivity contribution >= 4 is 5.91 Å². The second-order valence-electron chi connectivity index (χ2n) is 6.17. The van der Waals surface area contributed by atoms with Gasteiger partial charge in [0.15, 0.2) is 0 Å². The highest BCUT2D eigenvalue weighted by Crippen LogP contribution is 2.20. The summed E-state index contributed by atoms with van der Waals surface area (Å²) in [5.74, 6) is -0.238. The number of aromatic nitrogens is 1. The predicted octanol–water partition coefficient (Wildman–Crippen LogP) is 4.38. The van der Waals surface area contributed by atoms with E-state index in [1.54, 1.807) is 24.1 Å². The fourth-order valence-electron chi connectivity index (χ4n) is 2.77. The Kier molecular flexibility index (Phi) is 4.98. The van der Waals surface area contributed by atoms with E-state index >= 15 is 0 Å². The molecule has 0 aliphatic rings. The van der Waals surface area contributed by atoms with Gasteiger partial charge in [-0.25, -0.2) is 4.39 Å². The number of halogens is 1. The van der Waals surface area contributed by atoms with E-state index < -0.39 is 0 Å². The Balaban J connectivity index is 1.65. The minimum Gasteiger partial charge on any atom is -0.339 e. The molecule has 1 unspecified atom stereocenters. The zero-order valence-corrected chi connectivity index (χ0v) is 14.4. The summed E-state index contributed by atoms with van der Waals surface area (Å²) < 4.78 is 15.1. The van der Waals surface area contributed by atoms with E-state index in [1.807, 2.05) is 60.3 Å². The summed E-state index contributed by atoms with van der Waals surface area (Å²) in [6, 6.07) is 18.1. The molecule has 3 aromatic rings. The molecule has 0 fully saturated rings. The lowest BCUT2D eigenvalue weighted by atomic mass is 10.1. The van der Waals surface area contributed by atoms with Crippen LogP contribution in [0, 0.1) is 5.82 Å². The van der Waals surface area contributed by atoms with Crippen molar-refractivity contribution in [1.82, 2.24) is 9.47 Å². The fraction of sp³-hybridized carbons (Fsp3) is 0.190. The largest absolute Gasteiger partial charge is 0.339 e. The molecule has 0 saturated carbocycles. The second-order valence-corrected chi connectivity index (χ2v) is 6.17. The number of nitrogens with zero attached hydrogens (tertiary/aromatic N) is 2. The number of hydrogen-bond donors (Lipinski definition) is 0. The number of amides is 1. The van der Waals surface area contributed by atoms with Crippen molar-refractivity contribution in [2.75, 3.05) is 7.05 Å². The summed E-state index contributed by atoms with van der Waals surface area (Å²) in [5, 5.41) is 0. The smallest absolute Gasteiger partial charge is 0.227 e. The zero-order chi connectivity index (χ0) is 17.8. The molecule has 1 atom stereocenters. The normalized spacial score (nSPS) is 12.0. The summed E-state index contributed by atoms with van der Waals surface area (Å²) in [5.41, 5.74) is 2.95. The lowest BCUT2D eigenvalue weighted by molar-refractivity contribution is -0.131.